The number of nitrogens with zero attached hydrogens (tertiary/aromatic N) is 2. The first kappa shape index (κ1) is 6.29. The summed E-state index contributed by atoms with van der Waals surface area (Å²) in [7, 11) is 1.92. The smallest absolute Gasteiger partial charge is 0.177 e. The van der Waals surface area contributed by atoms with Gasteiger partial charge in [0.15, 0.2) is 4.73 Å². The molecule has 0 atom stereocenters. The maximum atomic E-state index is 4.01. The molecule has 1 aromatic rings. The van der Waals surface area contributed by atoms with E-state index in [-0.39, 0.29) is 0 Å². The van der Waals surface area contributed by atoms with Gasteiger partial charge < -0.3 is 4.57 Å². The van der Waals surface area contributed by atoms with Crippen molar-refractivity contribution < 1.29 is 0 Å². The summed E-state index contributed by atoms with van der Waals surface area (Å²) in [6.07, 6.45) is 1.88. The third-order valence-electron chi connectivity index (χ3n) is 0.790. The van der Waals surface area contributed by atoms with Crippen molar-refractivity contribution in [2.75, 3.05) is 0 Å². The molecular weight excluding hydrogens is 236 g/mol. The maximum Gasteiger partial charge on any atom is 0.177 e. The van der Waals surface area contributed by atoms with Gasteiger partial charge in [-0.15, -0.1) is 0 Å². The fourth-order valence-electron chi connectivity index (χ4n) is 0.409. The molecule has 0 aliphatic carbocycles. The van der Waals surface area contributed by atoms with E-state index >= 15 is 0 Å². The minimum Gasteiger partial charge on any atom is -0.328 e. The lowest BCUT2D eigenvalue weighted by Gasteiger charge is -1.84. The Morgan fingerprint density at radius 3 is 2.38 bits per heavy atom. The Morgan fingerprint density at radius 2 is 2.25 bits per heavy atom. The van der Waals surface area contributed by atoms with Crippen molar-refractivity contribution in [2.45, 2.75) is 0 Å². The molecular formula is C4H4Br2N2. The van der Waals surface area contributed by atoms with E-state index in [1.165, 1.54) is 0 Å². The molecule has 1 rings (SSSR count). The van der Waals surface area contributed by atoms with Crippen LogP contribution in [0.25, 0.3) is 0 Å². The lowest BCUT2D eigenvalue weighted by Crippen LogP contribution is -1.82. The number of aryl methyl sites for hydroxylation is 1. The molecule has 4 heteroatoms. The number of halogens is 2. The van der Waals surface area contributed by atoms with Crippen LogP contribution in [0.1, 0.15) is 0 Å². The average molecular weight is 240 g/mol. The molecule has 44 valence electrons. The van der Waals surface area contributed by atoms with Crippen molar-refractivity contribution in [2.24, 2.45) is 7.05 Å². The molecule has 0 saturated carbocycles. The molecule has 0 amide bonds. The summed E-state index contributed by atoms with van der Waals surface area (Å²) in [5, 5.41) is 0. The van der Waals surface area contributed by atoms with Crippen LogP contribution in [0, 0.1) is 0 Å². The van der Waals surface area contributed by atoms with Gasteiger partial charge in [0.05, 0.1) is 0 Å². The van der Waals surface area contributed by atoms with Crippen LogP contribution in [0.15, 0.2) is 15.5 Å². The maximum absolute atomic E-state index is 4.01. The number of hydrogen-bond acceptors (Lipinski definition) is 1. The SMILES string of the molecule is Cn1cc(Br)nc1Br. The lowest BCUT2D eigenvalue weighted by molar-refractivity contribution is 0.881. The van der Waals surface area contributed by atoms with Gasteiger partial charge in [-0.25, -0.2) is 4.98 Å². The lowest BCUT2D eigenvalue weighted by atomic mass is 10.9. The van der Waals surface area contributed by atoms with Gasteiger partial charge in [-0.2, -0.15) is 0 Å². The summed E-state index contributed by atoms with van der Waals surface area (Å²) < 4.78 is 3.57. The van der Waals surface area contributed by atoms with E-state index in [1.807, 2.05) is 17.8 Å². The zero-order valence-electron chi connectivity index (χ0n) is 4.23. The Kier molecular flexibility index (Phi) is 1.72. The first-order valence-electron chi connectivity index (χ1n) is 2.04. The molecule has 1 aromatic heterocycles. The highest BCUT2D eigenvalue weighted by Gasteiger charge is 1.95. The van der Waals surface area contributed by atoms with Crippen molar-refractivity contribution in [1.29, 1.82) is 0 Å². The van der Waals surface area contributed by atoms with Crippen LogP contribution in [-0.2, 0) is 7.05 Å². The van der Waals surface area contributed by atoms with Crippen LogP contribution < -0.4 is 0 Å². The molecule has 0 aromatic carbocycles. The Balaban J connectivity index is 3.14. The predicted octanol–water partition coefficient (Wildman–Crippen LogP) is 1.95. The Hall–Kier alpha value is 0.170. The standard InChI is InChI=1S/C4H4Br2N2/c1-8-2-3(5)7-4(8)6/h2H,1H3. The zero-order valence-corrected chi connectivity index (χ0v) is 7.40. The molecule has 0 fully saturated rings. The molecule has 0 spiro atoms. The topological polar surface area (TPSA) is 17.8 Å². The largest absolute Gasteiger partial charge is 0.328 e. The minimum absolute atomic E-state index is 0.837. The molecule has 1 heterocycles. The summed E-state index contributed by atoms with van der Waals surface area (Å²) in [6, 6.07) is 0. The molecule has 0 saturated heterocycles. The van der Waals surface area contributed by atoms with Crippen LogP contribution in [0.4, 0.5) is 0 Å². The summed E-state index contributed by atoms with van der Waals surface area (Å²) in [5.74, 6) is 0. The van der Waals surface area contributed by atoms with Crippen molar-refractivity contribution in [3.05, 3.63) is 15.5 Å². The van der Waals surface area contributed by atoms with Gasteiger partial charge in [-0.3, -0.25) is 0 Å². The van der Waals surface area contributed by atoms with Gasteiger partial charge in [-0.05, 0) is 31.9 Å². The van der Waals surface area contributed by atoms with Gasteiger partial charge >= 0.3 is 0 Å². The highest BCUT2D eigenvalue weighted by molar-refractivity contribution is 9.11. The van der Waals surface area contributed by atoms with E-state index < -0.39 is 0 Å². The van der Waals surface area contributed by atoms with Crippen LogP contribution in [0.2, 0.25) is 0 Å². The third-order valence-corrected chi connectivity index (χ3v) is 1.91. The second kappa shape index (κ2) is 2.19. The average Bonchev–Trinajstić information content (AvgIpc) is 1.85. The fraction of sp³-hybridized carbons (Fsp3) is 0.250. The summed E-state index contributed by atoms with van der Waals surface area (Å²) in [6.45, 7) is 0. The van der Waals surface area contributed by atoms with Crippen molar-refractivity contribution in [1.82, 2.24) is 9.55 Å². The highest BCUT2D eigenvalue weighted by Crippen LogP contribution is 2.12. The highest BCUT2D eigenvalue weighted by atomic mass is 79.9. The number of hydrogen-bond donors (Lipinski definition) is 0. The first-order chi connectivity index (χ1) is 3.70. The summed E-state index contributed by atoms with van der Waals surface area (Å²) in [5.41, 5.74) is 0. The quantitative estimate of drug-likeness (QED) is 0.677. The molecule has 0 N–H and O–H groups in total. The van der Waals surface area contributed by atoms with E-state index in [0.717, 1.165) is 9.34 Å². The second-order valence-corrected chi connectivity index (χ2v) is 2.97. The Labute approximate surface area is 64.2 Å². The molecule has 8 heavy (non-hydrogen) atoms. The van der Waals surface area contributed by atoms with Gasteiger partial charge in [0.2, 0.25) is 0 Å². The Bertz CT molecular complexity index is 174. The van der Waals surface area contributed by atoms with Crippen molar-refractivity contribution in [3.63, 3.8) is 0 Å². The minimum atomic E-state index is 0.837. The van der Waals surface area contributed by atoms with Crippen molar-refractivity contribution in [3.8, 4) is 0 Å². The van der Waals surface area contributed by atoms with E-state index in [0.29, 0.717) is 0 Å². The van der Waals surface area contributed by atoms with Crippen LogP contribution in [-0.4, -0.2) is 9.55 Å². The van der Waals surface area contributed by atoms with Crippen LogP contribution in [0.3, 0.4) is 0 Å². The summed E-state index contributed by atoms with van der Waals surface area (Å²) in [4.78, 5) is 4.01. The zero-order chi connectivity index (χ0) is 6.15. The predicted molar refractivity (Wildman–Crippen MR) is 38.6 cm³/mol. The van der Waals surface area contributed by atoms with E-state index in [1.54, 1.807) is 0 Å². The van der Waals surface area contributed by atoms with E-state index in [9.17, 15) is 0 Å². The van der Waals surface area contributed by atoms with Crippen LogP contribution in [0.5, 0.6) is 0 Å². The second-order valence-electron chi connectivity index (χ2n) is 1.44. The molecule has 0 unspecified atom stereocenters. The number of aromatic nitrogens is 2. The molecule has 2 nitrogen and oxygen atoms in total. The van der Waals surface area contributed by atoms with E-state index in [2.05, 4.69) is 36.8 Å². The van der Waals surface area contributed by atoms with Gasteiger partial charge in [0, 0.05) is 13.2 Å². The van der Waals surface area contributed by atoms with Gasteiger partial charge in [-0.1, -0.05) is 0 Å². The van der Waals surface area contributed by atoms with E-state index in [4.69, 9.17) is 0 Å². The molecule has 0 bridgehead atoms. The summed E-state index contributed by atoms with van der Waals surface area (Å²) >= 11 is 6.46. The van der Waals surface area contributed by atoms with Crippen molar-refractivity contribution >= 4 is 31.9 Å². The number of imidazole rings is 1. The fourth-order valence-corrected chi connectivity index (χ4v) is 1.42. The monoisotopic (exact) mass is 238 g/mol. The van der Waals surface area contributed by atoms with Crippen LogP contribution >= 0.6 is 31.9 Å². The molecule has 0 aliphatic rings. The third kappa shape index (κ3) is 1.11. The Morgan fingerprint density at radius 1 is 1.62 bits per heavy atom. The number of rotatable bonds is 0. The van der Waals surface area contributed by atoms with Gasteiger partial charge in [0.1, 0.15) is 4.60 Å². The molecule has 0 aliphatic heterocycles. The molecule has 0 radical (unpaired) electrons. The first-order valence-corrected chi connectivity index (χ1v) is 3.63. The normalized spacial score (nSPS) is 9.88. The van der Waals surface area contributed by atoms with Gasteiger partial charge in [0.25, 0.3) is 0 Å².